The molecule has 16 heavy (non-hydrogen) atoms. The summed E-state index contributed by atoms with van der Waals surface area (Å²) in [4.78, 5) is 0. The lowest BCUT2D eigenvalue weighted by Gasteiger charge is -2.28. The van der Waals surface area contributed by atoms with Crippen LogP contribution < -0.4 is 5.32 Å². The minimum Gasteiger partial charge on any atom is -0.314 e. The van der Waals surface area contributed by atoms with Crippen LogP contribution >= 0.6 is 11.6 Å². The lowest BCUT2D eigenvalue weighted by atomic mass is 9.90. The summed E-state index contributed by atoms with van der Waals surface area (Å²) in [5, 5.41) is 4.50. The molecule has 2 rings (SSSR count). The normalized spacial score (nSPS) is 25.7. The standard InChI is InChI=1S/C14H20ClN/c1-10-3-4-12(14(15)8-10)9-13-7-11(2)5-6-16-13/h3-4,8,11,13,16H,5-7,9H2,1-2H3. The number of benzene rings is 1. The Bertz CT molecular complexity index is 362. The Morgan fingerprint density at radius 1 is 1.44 bits per heavy atom. The fourth-order valence-corrected chi connectivity index (χ4v) is 2.77. The molecule has 0 saturated carbocycles. The highest BCUT2D eigenvalue weighted by Crippen LogP contribution is 2.23. The number of halogens is 1. The van der Waals surface area contributed by atoms with Gasteiger partial charge >= 0.3 is 0 Å². The van der Waals surface area contributed by atoms with Crippen LogP contribution in [0.5, 0.6) is 0 Å². The van der Waals surface area contributed by atoms with Gasteiger partial charge in [0.25, 0.3) is 0 Å². The molecule has 0 spiro atoms. The molecule has 1 heterocycles. The van der Waals surface area contributed by atoms with Gasteiger partial charge in [-0.1, -0.05) is 30.7 Å². The summed E-state index contributed by atoms with van der Waals surface area (Å²) >= 11 is 6.26. The van der Waals surface area contributed by atoms with Crippen molar-refractivity contribution in [2.24, 2.45) is 5.92 Å². The Kier molecular flexibility index (Phi) is 3.88. The highest BCUT2D eigenvalue weighted by Gasteiger charge is 2.19. The molecule has 0 aliphatic carbocycles. The molecule has 1 N–H and O–H groups in total. The van der Waals surface area contributed by atoms with Crippen LogP contribution in [0.2, 0.25) is 5.02 Å². The summed E-state index contributed by atoms with van der Waals surface area (Å²) in [6.07, 6.45) is 3.63. The van der Waals surface area contributed by atoms with Crippen molar-refractivity contribution < 1.29 is 0 Å². The molecule has 1 aliphatic rings. The van der Waals surface area contributed by atoms with Gasteiger partial charge in [-0.2, -0.15) is 0 Å². The third-order valence-electron chi connectivity index (χ3n) is 3.43. The second-order valence-electron chi connectivity index (χ2n) is 5.08. The van der Waals surface area contributed by atoms with E-state index in [1.165, 1.54) is 24.0 Å². The van der Waals surface area contributed by atoms with E-state index in [-0.39, 0.29) is 0 Å². The summed E-state index contributed by atoms with van der Waals surface area (Å²) in [7, 11) is 0. The zero-order valence-corrected chi connectivity index (χ0v) is 10.8. The van der Waals surface area contributed by atoms with Crippen LogP contribution in [0.15, 0.2) is 18.2 Å². The van der Waals surface area contributed by atoms with E-state index in [4.69, 9.17) is 11.6 Å². The number of hydrogen-bond acceptors (Lipinski definition) is 1. The molecule has 1 nitrogen and oxygen atoms in total. The van der Waals surface area contributed by atoms with Crippen LogP contribution in [-0.4, -0.2) is 12.6 Å². The molecule has 0 aromatic heterocycles. The second-order valence-corrected chi connectivity index (χ2v) is 5.49. The minimum atomic E-state index is 0.601. The third-order valence-corrected chi connectivity index (χ3v) is 3.78. The number of aryl methyl sites for hydroxylation is 1. The lowest BCUT2D eigenvalue weighted by Crippen LogP contribution is -2.38. The van der Waals surface area contributed by atoms with Crippen LogP contribution in [0.4, 0.5) is 0 Å². The predicted octanol–water partition coefficient (Wildman–Crippen LogP) is 3.58. The van der Waals surface area contributed by atoms with Crippen molar-refractivity contribution >= 4 is 11.6 Å². The third kappa shape index (κ3) is 2.99. The van der Waals surface area contributed by atoms with Gasteiger partial charge in [0.15, 0.2) is 0 Å². The Balaban J connectivity index is 2.02. The van der Waals surface area contributed by atoms with E-state index < -0.39 is 0 Å². The first-order valence-electron chi connectivity index (χ1n) is 6.13. The summed E-state index contributed by atoms with van der Waals surface area (Å²) in [6, 6.07) is 6.97. The van der Waals surface area contributed by atoms with Crippen LogP contribution in [0.25, 0.3) is 0 Å². The van der Waals surface area contributed by atoms with Crippen molar-refractivity contribution in [3.63, 3.8) is 0 Å². The van der Waals surface area contributed by atoms with E-state index in [2.05, 4.69) is 37.4 Å². The first-order chi connectivity index (χ1) is 7.65. The van der Waals surface area contributed by atoms with Gasteiger partial charge in [-0.15, -0.1) is 0 Å². The average molecular weight is 238 g/mol. The maximum atomic E-state index is 6.26. The smallest absolute Gasteiger partial charge is 0.0441 e. The van der Waals surface area contributed by atoms with Crippen molar-refractivity contribution in [3.8, 4) is 0 Å². The molecule has 2 unspecified atom stereocenters. The van der Waals surface area contributed by atoms with Gasteiger partial charge in [-0.3, -0.25) is 0 Å². The molecule has 88 valence electrons. The van der Waals surface area contributed by atoms with Gasteiger partial charge in [0.05, 0.1) is 0 Å². The van der Waals surface area contributed by atoms with Gasteiger partial charge in [0, 0.05) is 11.1 Å². The summed E-state index contributed by atoms with van der Waals surface area (Å²) in [5.41, 5.74) is 2.51. The first-order valence-corrected chi connectivity index (χ1v) is 6.51. The molecule has 1 aliphatic heterocycles. The lowest BCUT2D eigenvalue weighted by molar-refractivity contribution is 0.318. The first kappa shape index (κ1) is 11.9. The molecule has 1 fully saturated rings. The molecule has 2 atom stereocenters. The number of rotatable bonds is 2. The van der Waals surface area contributed by atoms with E-state index in [0.29, 0.717) is 6.04 Å². The molecule has 0 amide bonds. The molecule has 1 aromatic rings. The van der Waals surface area contributed by atoms with Crippen LogP contribution in [0, 0.1) is 12.8 Å². The monoisotopic (exact) mass is 237 g/mol. The summed E-state index contributed by atoms with van der Waals surface area (Å²) in [6.45, 7) is 5.57. The molecule has 2 heteroatoms. The van der Waals surface area contributed by atoms with Crippen molar-refractivity contribution in [2.75, 3.05) is 6.54 Å². The fraction of sp³-hybridized carbons (Fsp3) is 0.571. The van der Waals surface area contributed by atoms with Gasteiger partial charge in [0.2, 0.25) is 0 Å². The van der Waals surface area contributed by atoms with Gasteiger partial charge in [-0.05, 0) is 55.8 Å². The average Bonchev–Trinajstić information content (AvgIpc) is 2.22. The molecule has 0 bridgehead atoms. The number of nitrogens with one attached hydrogen (secondary N) is 1. The zero-order valence-electron chi connectivity index (χ0n) is 10.1. The maximum Gasteiger partial charge on any atom is 0.0441 e. The van der Waals surface area contributed by atoms with E-state index in [1.807, 2.05) is 0 Å². The van der Waals surface area contributed by atoms with E-state index >= 15 is 0 Å². The maximum absolute atomic E-state index is 6.26. The molecular weight excluding hydrogens is 218 g/mol. The summed E-state index contributed by atoms with van der Waals surface area (Å²) in [5.74, 6) is 0.843. The predicted molar refractivity (Wildman–Crippen MR) is 70.1 cm³/mol. The Morgan fingerprint density at radius 3 is 2.94 bits per heavy atom. The van der Waals surface area contributed by atoms with Crippen molar-refractivity contribution in [1.29, 1.82) is 0 Å². The van der Waals surface area contributed by atoms with Gasteiger partial charge in [0.1, 0.15) is 0 Å². The highest BCUT2D eigenvalue weighted by atomic mass is 35.5. The molecule has 1 saturated heterocycles. The second kappa shape index (κ2) is 5.20. The number of hydrogen-bond donors (Lipinski definition) is 1. The zero-order chi connectivity index (χ0) is 11.5. The van der Waals surface area contributed by atoms with Gasteiger partial charge < -0.3 is 5.32 Å². The largest absolute Gasteiger partial charge is 0.314 e. The minimum absolute atomic E-state index is 0.601. The molecular formula is C14H20ClN. The van der Waals surface area contributed by atoms with Crippen molar-refractivity contribution in [3.05, 3.63) is 34.3 Å². The Labute approximate surface area is 103 Å². The Morgan fingerprint density at radius 2 is 2.25 bits per heavy atom. The SMILES string of the molecule is Cc1ccc(CC2CC(C)CCN2)c(Cl)c1. The molecule has 0 radical (unpaired) electrons. The number of piperidine rings is 1. The van der Waals surface area contributed by atoms with Crippen LogP contribution in [0.1, 0.15) is 30.9 Å². The topological polar surface area (TPSA) is 12.0 Å². The van der Waals surface area contributed by atoms with Crippen molar-refractivity contribution in [1.82, 2.24) is 5.32 Å². The molecule has 1 aromatic carbocycles. The summed E-state index contributed by atoms with van der Waals surface area (Å²) < 4.78 is 0. The van der Waals surface area contributed by atoms with E-state index in [0.717, 1.165) is 23.9 Å². The van der Waals surface area contributed by atoms with E-state index in [9.17, 15) is 0 Å². The fourth-order valence-electron chi connectivity index (χ4n) is 2.46. The Hall–Kier alpha value is -0.530. The van der Waals surface area contributed by atoms with Crippen LogP contribution in [0.3, 0.4) is 0 Å². The van der Waals surface area contributed by atoms with Crippen LogP contribution in [-0.2, 0) is 6.42 Å². The van der Waals surface area contributed by atoms with Crippen molar-refractivity contribution in [2.45, 2.75) is 39.2 Å². The van der Waals surface area contributed by atoms with Gasteiger partial charge in [-0.25, -0.2) is 0 Å². The quantitative estimate of drug-likeness (QED) is 0.829. The highest BCUT2D eigenvalue weighted by molar-refractivity contribution is 6.31. The van der Waals surface area contributed by atoms with E-state index in [1.54, 1.807) is 0 Å².